The van der Waals surface area contributed by atoms with Gasteiger partial charge in [0.25, 0.3) is 0 Å². The first kappa shape index (κ1) is 72.3. The van der Waals surface area contributed by atoms with Crippen molar-refractivity contribution < 1.29 is 24.5 Å². The second-order valence-corrected chi connectivity index (χ2v) is 23.2. The number of hydrogen-bond acceptors (Lipinski definition) is 5. The number of nitrogens with one attached hydrogen (secondary N) is 1. The number of hydrogen-bond donors (Lipinski definition) is 3. The summed E-state index contributed by atoms with van der Waals surface area (Å²) in [5.74, 6) is -0.0636. The Morgan fingerprint density at radius 2 is 0.635 bits per heavy atom. The monoisotopic (exact) mass is 1040 g/mol. The third kappa shape index (κ3) is 59.6. The van der Waals surface area contributed by atoms with Crippen LogP contribution in [0, 0.1) is 0 Å². The van der Waals surface area contributed by atoms with Crippen molar-refractivity contribution in [3.05, 3.63) is 24.3 Å². The predicted octanol–water partition coefficient (Wildman–Crippen LogP) is 21.4. The lowest BCUT2D eigenvalue weighted by atomic mass is 10.0. The van der Waals surface area contributed by atoms with Gasteiger partial charge in [-0.2, -0.15) is 0 Å². The SMILES string of the molecule is CCCCCCCCCCCCCCCCCCCCCC/C=C/C(O)C(CO)NC(=O)CCCCCCCCC/C=C\CCCCCCCCCCCOC(=O)CCCCCCCCCCCCCCCCC. The van der Waals surface area contributed by atoms with Gasteiger partial charge in [-0.25, -0.2) is 0 Å². The minimum atomic E-state index is -0.851. The number of aliphatic hydroxyl groups is 2. The molecule has 0 aliphatic rings. The van der Waals surface area contributed by atoms with Gasteiger partial charge < -0.3 is 20.3 Å². The van der Waals surface area contributed by atoms with Crippen LogP contribution < -0.4 is 5.32 Å². The number of rotatable bonds is 63. The molecule has 0 radical (unpaired) electrons. The summed E-state index contributed by atoms with van der Waals surface area (Å²) in [5.41, 5.74) is 0. The molecule has 0 heterocycles. The van der Waals surface area contributed by atoms with Crippen molar-refractivity contribution >= 4 is 11.9 Å². The standard InChI is InChI=1S/C68H131NO5/c1-3-5-7-9-11-13-15-17-19-20-21-22-23-26-29-33-36-40-44-48-52-56-60-66(71)65(64-70)69-67(72)61-57-53-49-45-41-37-34-30-27-24-25-28-31-35-39-43-47-51-55-59-63-74-68(73)62-58-54-50-46-42-38-32-18-16-14-12-10-8-6-4-2/h24,27,56,60,65-66,70-71H,3-23,25-26,28-55,57-59,61-64H2,1-2H3,(H,69,72)/b27-24-,60-56+. The number of carbonyl (C=O) groups excluding carboxylic acids is 2. The Morgan fingerprint density at radius 3 is 0.959 bits per heavy atom. The second kappa shape index (κ2) is 63.9. The maximum Gasteiger partial charge on any atom is 0.305 e. The molecule has 3 N–H and O–H groups in total. The molecule has 0 aromatic heterocycles. The van der Waals surface area contributed by atoms with E-state index < -0.39 is 12.1 Å². The van der Waals surface area contributed by atoms with E-state index in [1.807, 2.05) is 6.08 Å². The Hall–Kier alpha value is -1.66. The highest BCUT2D eigenvalue weighted by Gasteiger charge is 2.18. The molecule has 0 rings (SSSR count). The molecule has 0 fully saturated rings. The Labute approximate surface area is 462 Å². The average molecular weight is 1040 g/mol. The Morgan fingerprint density at radius 1 is 0.365 bits per heavy atom. The molecule has 0 aliphatic heterocycles. The van der Waals surface area contributed by atoms with E-state index in [2.05, 4.69) is 31.3 Å². The summed E-state index contributed by atoms with van der Waals surface area (Å²) < 4.78 is 5.49. The van der Waals surface area contributed by atoms with Crippen LogP contribution >= 0.6 is 0 Å². The van der Waals surface area contributed by atoms with Gasteiger partial charge in [-0.05, 0) is 57.8 Å². The summed E-state index contributed by atoms with van der Waals surface area (Å²) in [6.07, 6.45) is 79.5. The van der Waals surface area contributed by atoms with Gasteiger partial charge in [-0.15, -0.1) is 0 Å². The number of carbonyl (C=O) groups is 2. The summed E-state index contributed by atoms with van der Waals surface area (Å²) in [5, 5.41) is 23.2. The van der Waals surface area contributed by atoms with Crippen molar-refractivity contribution in [1.29, 1.82) is 0 Å². The third-order valence-electron chi connectivity index (χ3n) is 15.7. The third-order valence-corrected chi connectivity index (χ3v) is 15.7. The van der Waals surface area contributed by atoms with Crippen molar-refractivity contribution in [2.75, 3.05) is 13.2 Å². The largest absolute Gasteiger partial charge is 0.466 e. The Bertz CT molecular complexity index is 1150. The topological polar surface area (TPSA) is 95.9 Å². The fourth-order valence-corrected chi connectivity index (χ4v) is 10.6. The van der Waals surface area contributed by atoms with E-state index in [0.717, 1.165) is 44.9 Å². The lowest BCUT2D eigenvalue weighted by Gasteiger charge is -2.20. The molecule has 0 aromatic rings. The summed E-state index contributed by atoms with van der Waals surface area (Å²) >= 11 is 0. The van der Waals surface area contributed by atoms with Gasteiger partial charge in [0.05, 0.1) is 25.4 Å². The summed E-state index contributed by atoms with van der Waals surface area (Å²) in [7, 11) is 0. The molecule has 0 saturated heterocycles. The van der Waals surface area contributed by atoms with Gasteiger partial charge in [0, 0.05) is 12.8 Å². The fraction of sp³-hybridized carbons (Fsp3) is 0.912. The highest BCUT2D eigenvalue weighted by atomic mass is 16.5. The molecule has 0 spiro atoms. The first-order chi connectivity index (χ1) is 36.5. The first-order valence-corrected chi connectivity index (χ1v) is 33.6. The Balaban J connectivity index is 3.45. The minimum Gasteiger partial charge on any atom is -0.466 e. The van der Waals surface area contributed by atoms with Crippen LogP contribution in [-0.2, 0) is 14.3 Å². The van der Waals surface area contributed by atoms with Crippen LogP contribution in [0.15, 0.2) is 24.3 Å². The molecule has 0 aromatic carbocycles. The normalized spacial score (nSPS) is 12.6. The van der Waals surface area contributed by atoms with Crippen molar-refractivity contribution in [2.24, 2.45) is 0 Å². The molecule has 6 nitrogen and oxygen atoms in total. The molecule has 2 unspecified atom stereocenters. The molecular formula is C68H131NO5. The highest BCUT2D eigenvalue weighted by Crippen LogP contribution is 2.18. The molecule has 1 amide bonds. The number of esters is 1. The molecule has 0 bridgehead atoms. The number of amides is 1. The molecule has 0 saturated carbocycles. The summed E-state index contributed by atoms with van der Waals surface area (Å²) in [6.45, 7) is 4.93. The van der Waals surface area contributed by atoms with Crippen LogP contribution in [-0.4, -0.2) is 47.4 Å². The fourth-order valence-electron chi connectivity index (χ4n) is 10.6. The van der Waals surface area contributed by atoms with Gasteiger partial charge in [-0.3, -0.25) is 9.59 Å². The van der Waals surface area contributed by atoms with Crippen molar-refractivity contribution in [1.82, 2.24) is 5.32 Å². The van der Waals surface area contributed by atoms with Crippen LogP contribution in [0.3, 0.4) is 0 Å². The molecule has 2 atom stereocenters. The van der Waals surface area contributed by atoms with E-state index in [1.54, 1.807) is 6.08 Å². The number of aliphatic hydroxyl groups excluding tert-OH is 2. The average Bonchev–Trinajstić information content (AvgIpc) is 3.40. The zero-order valence-corrected chi connectivity index (χ0v) is 50.1. The van der Waals surface area contributed by atoms with Crippen LogP contribution in [0.1, 0.15) is 373 Å². The van der Waals surface area contributed by atoms with E-state index in [1.165, 1.54) is 302 Å². The lowest BCUT2D eigenvalue weighted by Crippen LogP contribution is -2.45. The van der Waals surface area contributed by atoms with Crippen LogP contribution in [0.5, 0.6) is 0 Å². The summed E-state index contributed by atoms with van der Waals surface area (Å²) in [4.78, 5) is 24.6. The highest BCUT2D eigenvalue weighted by molar-refractivity contribution is 5.76. The predicted molar refractivity (Wildman–Crippen MR) is 324 cm³/mol. The molecule has 438 valence electrons. The summed E-state index contributed by atoms with van der Waals surface area (Å²) in [6, 6.07) is -0.635. The zero-order chi connectivity index (χ0) is 53.6. The quantitative estimate of drug-likeness (QED) is 0.0320. The van der Waals surface area contributed by atoms with E-state index in [4.69, 9.17) is 4.74 Å². The van der Waals surface area contributed by atoms with E-state index in [-0.39, 0.29) is 18.5 Å². The molecular weight excluding hydrogens is 911 g/mol. The maximum absolute atomic E-state index is 12.5. The van der Waals surface area contributed by atoms with Gasteiger partial charge in [-0.1, -0.05) is 327 Å². The van der Waals surface area contributed by atoms with Crippen LogP contribution in [0.25, 0.3) is 0 Å². The van der Waals surface area contributed by atoms with Crippen LogP contribution in [0.4, 0.5) is 0 Å². The molecule has 6 heteroatoms. The maximum atomic E-state index is 12.5. The number of unbranched alkanes of at least 4 members (excludes halogenated alkanes) is 50. The smallest absolute Gasteiger partial charge is 0.305 e. The van der Waals surface area contributed by atoms with Gasteiger partial charge in [0.1, 0.15) is 0 Å². The zero-order valence-electron chi connectivity index (χ0n) is 50.1. The minimum absolute atomic E-state index is 0.00919. The van der Waals surface area contributed by atoms with Crippen LogP contribution in [0.2, 0.25) is 0 Å². The second-order valence-electron chi connectivity index (χ2n) is 23.2. The van der Waals surface area contributed by atoms with Crippen molar-refractivity contribution in [2.45, 2.75) is 386 Å². The van der Waals surface area contributed by atoms with Gasteiger partial charge in [0.2, 0.25) is 5.91 Å². The van der Waals surface area contributed by atoms with Gasteiger partial charge in [0.15, 0.2) is 0 Å². The Kier molecular flexibility index (Phi) is 62.4. The van der Waals surface area contributed by atoms with E-state index in [9.17, 15) is 19.8 Å². The first-order valence-electron chi connectivity index (χ1n) is 33.6. The van der Waals surface area contributed by atoms with E-state index in [0.29, 0.717) is 19.4 Å². The molecule has 0 aliphatic carbocycles. The van der Waals surface area contributed by atoms with Gasteiger partial charge >= 0.3 is 5.97 Å². The number of allylic oxidation sites excluding steroid dienone is 3. The van der Waals surface area contributed by atoms with E-state index >= 15 is 0 Å². The molecule has 74 heavy (non-hydrogen) atoms. The van der Waals surface area contributed by atoms with Crippen molar-refractivity contribution in [3.8, 4) is 0 Å². The lowest BCUT2D eigenvalue weighted by molar-refractivity contribution is -0.143. The number of ether oxygens (including phenoxy) is 1. The van der Waals surface area contributed by atoms with Crippen molar-refractivity contribution in [3.63, 3.8) is 0 Å².